The largest absolute Gasteiger partial charge is 0.512 e. The summed E-state index contributed by atoms with van der Waals surface area (Å²) in [6.07, 6.45) is 18.2. The number of carbonyl (C=O) groups is 2. The van der Waals surface area contributed by atoms with E-state index < -0.39 is 5.97 Å². The van der Waals surface area contributed by atoms with E-state index in [0.717, 1.165) is 19.3 Å². The lowest BCUT2D eigenvalue weighted by Crippen LogP contribution is -2.16. The molecule has 0 amide bonds. The monoisotopic (exact) mass is 362 g/mol. The predicted octanol–water partition coefficient (Wildman–Crippen LogP) is 5.59. The fraction of sp³-hybridized carbons (Fsp3) is 0.727. The van der Waals surface area contributed by atoms with Gasteiger partial charge in [-0.05, 0) is 44.1 Å². The van der Waals surface area contributed by atoms with Gasteiger partial charge in [-0.25, -0.2) is 0 Å². The smallest absolute Gasteiger partial charge is 0.303 e. The molecular formula is C22H34O4. The number of hydrogen-bond donors (Lipinski definition) is 2. The molecule has 2 fully saturated rings. The van der Waals surface area contributed by atoms with Gasteiger partial charge in [0.15, 0.2) is 0 Å². The van der Waals surface area contributed by atoms with E-state index in [-0.39, 0.29) is 24.0 Å². The summed E-state index contributed by atoms with van der Waals surface area (Å²) in [5, 5.41) is 19.2. The molecule has 0 heterocycles. The first-order chi connectivity index (χ1) is 12.6. The van der Waals surface area contributed by atoms with E-state index in [1.807, 2.05) is 18.2 Å². The molecule has 2 atom stereocenters. The van der Waals surface area contributed by atoms with Crippen LogP contribution in [-0.4, -0.2) is 22.0 Å². The zero-order valence-corrected chi connectivity index (χ0v) is 15.9. The molecular weight excluding hydrogens is 328 g/mol. The molecule has 0 saturated heterocycles. The van der Waals surface area contributed by atoms with Crippen LogP contribution in [-0.2, 0) is 9.59 Å². The summed E-state index contributed by atoms with van der Waals surface area (Å²) in [5.74, 6) is 0.439. The van der Waals surface area contributed by atoms with Crippen molar-refractivity contribution in [3.63, 3.8) is 0 Å². The van der Waals surface area contributed by atoms with Crippen molar-refractivity contribution in [2.24, 2.45) is 17.8 Å². The van der Waals surface area contributed by atoms with Gasteiger partial charge in [0, 0.05) is 24.7 Å². The Morgan fingerprint density at radius 1 is 1.00 bits per heavy atom. The van der Waals surface area contributed by atoms with Gasteiger partial charge in [-0.15, -0.1) is 0 Å². The topological polar surface area (TPSA) is 74.6 Å². The van der Waals surface area contributed by atoms with Gasteiger partial charge >= 0.3 is 5.97 Å². The lowest BCUT2D eigenvalue weighted by atomic mass is 9.88. The molecule has 2 saturated carbocycles. The minimum atomic E-state index is -0.770. The lowest BCUT2D eigenvalue weighted by Gasteiger charge is -2.18. The third kappa shape index (κ3) is 6.97. The van der Waals surface area contributed by atoms with Gasteiger partial charge in [0.1, 0.15) is 5.78 Å². The van der Waals surface area contributed by atoms with Crippen LogP contribution in [0.5, 0.6) is 0 Å². The van der Waals surface area contributed by atoms with E-state index in [4.69, 9.17) is 5.11 Å². The highest BCUT2D eigenvalue weighted by atomic mass is 16.4. The van der Waals surface area contributed by atoms with E-state index >= 15 is 0 Å². The third-order valence-corrected chi connectivity index (χ3v) is 5.93. The highest BCUT2D eigenvalue weighted by molar-refractivity contribution is 5.84. The van der Waals surface area contributed by atoms with Gasteiger partial charge in [-0.2, -0.15) is 0 Å². The molecule has 0 unspecified atom stereocenters. The van der Waals surface area contributed by atoms with E-state index in [1.165, 1.54) is 38.5 Å². The summed E-state index contributed by atoms with van der Waals surface area (Å²) >= 11 is 0. The SMILES string of the molecule is O=C(O)CCCC=CC[C@@H]1C(=O)CC[C@@H]1/C(O)=C\CC1CCCCCC1. The van der Waals surface area contributed by atoms with Crippen LogP contribution in [0.25, 0.3) is 0 Å². The summed E-state index contributed by atoms with van der Waals surface area (Å²) in [4.78, 5) is 22.7. The molecule has 0 radical (unpaired) electrons. The fourth-order valence-corrected chi connectivity index (χ4v) is 4.33. The first kappa shape index (κ1) is 20.7. The van der Waals surface area contributed by atoms with Crippen molar-refractivity contribution in [2.45, 2.75) is 83.5 Å². The number of aliphatic hydroxyl groups excluding tert-OH is 1. The second-order valence-corrected chi connectivity index (χ2v) is 7.93. The van der Waals surface area contributed by atoms with Crippen molar-refractivity contribution in [1.82, 2.24) is 0 Å². The summed E-state index contributed by atoms with van der Waals surface area (Å²) in [6.45, 7) is 0. The maximum absolute atomic E-state index is 12.2. The van der Waals surface area contributed by atoms with Crippen LogP contribution in [0.4, 0.5) is 0 Å². The van der Waals surface area contributed by atoms with Crippen molar-refractivity contribution in [3.05, 3.63) is 24.0 Å². The van der Waals surface area contributed by atoms with Crippen LogP contribution in [0.3, 0.4) is 0 Å². The molecule has 4 nitrogen and oxygen atoms in total. The molecule has 0 spiro atoms. The molecule has 2 aliphatic carbocycles. The molecule has 2 aliphatic rings. The summed E-state index contributed by atoms with van der Waals surface area (Å²) < 4.78 is 0. The van der Waals surface area contributed by atoms with Crippen molar-refractivity contribution in [1.29, 1.82) is 0 Å². The highest BCUT2D eigenvalue weighted by Gasteiger charge is 2.36. The van der Waals surface area contributed by atoms with Crippen molar-refractivity contribution >= 4 is 11.8 Å². The molecule has 0 aliphatic heterocycles. The maximum Gasteiger partial charge on any atom is 0.303 e. The molecule has 0 aromatic heterocycles. The number of allylic oxidation sites excluding steroid dienone is 4. The first-order valence-electron chi connectivity index (χ1n) is 10.4. The Labute approximate surface area is 157 Å². The number of hydrogen-bond acceptors (Lipinski definition) is 3. The number of carboxylic acid groups (broad SMARTS) is 1. The van der Waals surface area contributed by atoms with Gasteiger partial charge in [0.05, 0.1) is 5.76 Å². The zero-order valence-electron chi connectivity index (χ0n) is 15.9. The van der Waals surface area contributed by atoms with Gasteiger partial charge in [0.2, 0.25) is 0 Å². The van der Waals surface area contributed by atoms with Crippen LogP contribution in [0.1, 0.15) is 83.5 Å². The number of carbonyl (C=O) groups excluding carboxylic acids is 1. The Morgan fingerprint density at radius 3 is 2.42 bits per heavy atom. The molecule has 0 bridgehead atoms. The van der Waals surface area contributed by atoms with Crippen molar-refractivity contribution < 1.29 is 19.8 Å². The number of carboxylic acids is 1. The Balaban J connectivity index is 1.81. The molecule has 4 heteroatoms. The fourth-order valence-electron chi connectivity index (χ4n) is 4.33. The normalized spacial score (nSPS) is 25.7. The molecule has 26 heavy (non-hydrogen) atoms. The average molecular weight is 363 g/mol. The summed E-state index contributed by atoms with van der Waals surface area (Å²) in [5.41, 5.74) is 0. The number of aliphatic carboxylic acids is 1. The van der Waals surface area contributed by atoms with Crippen LogP contribution >= 0.6 is 0 Å². The van der Waals surface area contributed by atoms with Gasteiger partial charge < -0.3 is 10.2 Å². The molecule has 0 aromatic rings. The van der Waals surface area contributed by atoms with Crippen LogP contribution < -0.4 is 0 Å². The number of Topliss-reactive ketones (excluding diaryl/α,β-unsaturated/α-hetero) is 1. The second-order valence-electron chi connectivity index (χ2n) is 7.93. The number of rotatable bonds is 9. The van der Waals surface area contributed by atoms with E-state index in [9.17, 15) is 14.7 Å². The van der Waals surface area contributed by atoms with Gasteiger partial charge in [-0.1, -0.05) is 50.7 Å². The Morgan fingerprint density at radius 2 is 1.73 bits per heavy atom. The minimum Gasteiger partial charge on any atom is -0.512 e. The van der Waals surface area contributed by atoms with E-state index in [2.05, 4.69) is 0 Å². The average Bonchev–Trinajstić information content (AvgIpc) is 2.82. The third-order valence-electron chi connectivity index (χ3n) is 5.93. The molecule has 0 aromatic carbocycles. The molecule has 2 N–H and O–H groups in total. The number of aliphatic hydroxyl groups is 1. The predicted molar refractivity (Wildman–Crippen MR) is 103 cm³/mol. The highest BCUT2D eigenvalue weighted by Crippen LogP contribution is 2.36. The van der Waals surface area contributed by atoms with Crippen molar-refractivity contribution in [2.75, 3.05) is 0 Å². The number of ketones is 1. The van der Waals surface area contributed by atoms with Crippen LogP contribution in [0.15, 0.2) is 24.0 Å². The molecule has 2 rings (SSSR count). The Bertz CT molecular complexity index is 512. The summed E-state index contributed by atoms with van der Waals surface area (Å²) in [6, 6.07) is 0. The standard InChI is InChI=1S/C22H34O4/c23-20(15-13-17-9-5-1-2-6-10-17)19-14-16-21(24)18(19)11-7-3-4-8-12-22(25)26/h3,7,15,17-19,23H,1-2,4-6,8-14,16H2,(H,25,26)/b7-3?,20-15+/t18-,19-/m0/s1. The Hall–Kier alpha value is -1.58. The molecule has 146 valence electrons. The van der Waals surface area contributed by atoms with Crippen LogP contribution in [0, 0.1) is 17.8 Å². The summed E-state index contributed by atoms with van der Waals surface area (Å²) in [7, 11) is 0. The van der Waals surface area contributed by atoms with E-state index in [0.29, 0.717) is 30.9 Å². The van der Waals surface area contributed by atoms with Crippen LogP contribution in [0.2, 0.25) is 0 Å². The minimum absolute atomic E-state index is 0.0306. The quantitative estimate of drug-likeness (QED) is 0.243. The zero-order chi connectivity index (χ0) is 18.8. The van der Waals surface area contributed by atoms with Gasteiger partial charge in [0.25, 0.3) is 0 Å². The number of unbranched alkanes of at least 4 members (excludes halogenated alkanes) is 1. The maximum atomic E-state index is 12.2. The first-order valence-corrected chi connectivity index (χ1v) is 10.4. The van der Waals surface area contributed by atoms with Crippen molar-refractivity contribution in [3.8, 4) is 0 Å². The van der Waals surface area contributed by atoms with Gasteiger partial charge in [-0.3, -0.25) is 9.59 Å². The second kappa shape index (κ2) is 11.2. The van der Waals surface area contributed by atoms with E-state index in [1.54, 1.807) is 0 Å². The Kier molecular flexibility index (Phi) is 8.93. The lowest BCUT2D eigenvalue weighted by molar-refractivity contribution is -0.137.